The third-order valence-electron chi connectivity index (χ3n) is 2.04. The molecule has 0 aliphatic carbocycles. The first-order valence-corrected chi connectivity index (χ1v) is 5.99. The van der Waals surface area contributed by atoms with Gasteiger partial charge in [0.15, 0.2) is 10.7 Å². The summed E-state index contributed by atoms with van der Waals surface area (Å²) in [5, 5.41) is 1.68. The fraction of sp³-hybridized carbons (Fsp3) is 0. The molecule has 0 fully saturated rings. The minimum absolute atomic E-state index is 0.374. The molecule has 0 unspecified atom stereocenters. The number of fused-ring (bicyclic) bond motifs is 1. The molecule has 14 heavy (non-hydrogen) atoms. The van der Waals surface area contributed by atoms with E-state index in [0.29, 0.717) is 4.90 Å². The van der Waals surface area contributed by atoms with Crippen LogP contribution in [-0.4, -0.2) is 8.42 Å². The van der Waals surface area contributed by atoms with Crippen LogP contribution < -0.4 is 0 Å². The van der Waals surface area contributed by atoms with E-state index in [1.54, 1.807) is 18.2 Å². The van der Waals surface area contributed by atoms with E-state index < -0.39 is 10.7 Å². The monoisotopic (exact) mass is 270 g/mol. The molecule has 0 amide bonds. The average Bonchev–Trinajstić information content (AvgIpc) is 2.17. The Kier molecular flexibility index (Phi) is 2.56. The lowest BCUT2D eigenvalue weighted by Gasteiger charge is -2.01. The van der Waals surface area contributed by atoms with E-state index in [4.69, 9.17) is 0 Å². The van der Waals surface area contributed by atoms with Crippen LogP contribution in [0.5, 0.6) is 0 Å². The van der Waals surface area contributed by atoms with Crippen molar-refractivity contribution in [1.82, 2.24) is 0 Å². The lowest BCUT2D eigenvalue weighted by molar-refractivity contribution is 0.615. The van der Waals surface area contributed by atoms with E-state index in [0.717, 1.165) is 15.2 Å². The number of benzene rings is 2. The quantitative estimate of drug-likeness (QED) is 0.809. The summed E-state index contributed by atoms with van der Waals surface area (Å²) in [7, 11) is -2.53. The predicted octanol–water partition coefficient (Wildman–Crippen LogP) is 2.57. The highest BCUT2D eigenvalue weighted by molar-refractivity contribution is 9.10. The standard InChI is InChI=1S/C10H7BrO2S/c11-9-5-1-4-8-7(9)3-2-6-10(8)14(12)13/h1-6,14H. The summed E-state index contributed by atoms with van der Waals surface area (Å²) in [6.45, 7) is 0. The zero-order chi connectivity index (χ0) is 10.1. The largest absolute Gasteiger partial charge is 0.227 e. The highest BCUT2D eigenvalue weighted by Gasteiger charge is 2.03. The maximum atomic E-state index is 10.9. The van der Waals surface area contributed by atoms with Gasteiger partial charge in [-0.2, -0.15) is 0 Å². The molecule has 0 heterocycles. The molecule has 0 saturated heterocycles. The van der Waals surface area contributed by atoms with Crippen LogP contribution in [-0.2, 0) is 10.7 Å². The highest BCUT2D eigenvalue weighted by atomic mass is 79.9. The molecule has 2 rings (SSSR count). The van der Waals surface area contributed by atoms with Gasteiger partial charge in [-0.3, -0.25) is 0 Å². The Labute approximate surface area is 91.6 Å². The summed E-state index contributed by atoms with van der Waals surface area (Å²) in [4.78, 5) is 0.374. The van der Waals surface area contributed by atoms with Gasteiger partial charge in [0.25, 0.3) is 0 Å². The van der Waals surface area contributed by atoms with E-state index in [1.807, 2.05) is 18.2 Å². The van der Waals surface area contributed by atoms with Gasteiger partial charge in [-0.1, -0.05) is 40.2 Å². The Balaban J connectivity index is 2.95. The summed E-state index contributed by atoms with van der Waals surface area (Å²) in [6, 6.07) is 10.8. The fourth-order valence-corrected chi connectivity index (χ4v) is 2.51. The van der Waals surface area contributed by atoms with Crippen LogP contribution in [0.1, 0.15) is 0 Å². The third kappa shape index (κ3) is 1.55. The van der Waals surface area contributed by atoms with Crippen LogP contribution in [0.2, 0.25) is 0 Å². The lowest BCUT2D eigenvalue weighted by Crippen LogP contribution is -1.83. The molecular weight excluding hydrogens is 264 g/mol. The minimum Gasteiger partial charge on any atom is -0.227 e. The van der Waals surface area contributed by atoms with E-state index >= 15 is 0 Å². The second-order valence-corrected chi connectivity index (χ2v) is 4.72. The predicted molar refractivity (Wildman–Crippen MR) is 60.2 cm³/mol. The molecular formula is C10H7BrO2S. The summed E-state index contributed by atoms with van der Waals surface area (Å²) >= 11 is 3.38. The Morgan fingerprint density at radius 2 is 1.57 bits per heavy atom. The van der Waals surface area contributed by atoms with Crippen molar-refractivity contribution in [3.63, 3.8) is 0 Å². The first-order valence-electron chi connectivity index (χ1n) is 4.02. The van der Waals surface area contributed by atoms with Gasteiger partial charge in [0.05, 0.1) is 4.90 Å². The average molecular weight is 271 g/mol. The molecule has 2 aromatic carbocycles. The maximum Gasteiger partial charge on any atom is 0.168 e. The number of halogens is 1. The van der Waals surface area contributed by atoms with E-state index in [9.17, 15) is 8.42 Å². The van der Waals surface area contributed by atoms with Crippen LogP contribution in [0, 0.1) is 0 Å². The smallest absolute Gasteiger partial charge is 0.168 e. The fourth-order valence-electron chi connectivity index (χ4n) is 1.41. The van der Waals surface area contributed by atoms with E-state index in [1.165, 1.54) is 0 Å². The summed E-state index contributed by atoms with van der Waals surface area (Å²) in [6.07, 6.45) is 0. The second-order valence-electron chi connectivity index (χ2n) is 2.87. The molecule has 0 saturated carbocycles. The van der Waals surface area contributed by atoms with Gasteiger partial charge >= 0.3 is 0 Å². The Bertz CT molecular complexity index is 553. The van der Waals surface area contributed by atoms with Crippen molar-refractivity contribution in [1.29, 1.82) is 0 Å². The molecule has 0 bridgehead atoms. The van der Waals surface area contributed by atoms with Crippen molar-refractivity contribution < 1.29 is 8.42 Å². The van der Waals surface area contributed by atoms with Gasteiger partial charge in [0, 0.05) is 9.86 Å². The van der Waals surface area contributed by atoms with Crippen molar-refractivity contribution in [2.45, 2.75) is 4.90 Å². The number of thiol groups is 1. The van der Waals surface area contributed by atoms with Crippen LogP contribution in [0.25, 0.3) is 10.8 Å². The van der Waals surface area contributed by atoms with Crippen molar-refractivity contribution in [2.75, 3.05) is 0 Å². The summed E-state index contributed by atoms with van der Waals surface area (Å²) in [5.41, 5.74) is 0. The number of rotatable bonds is 1. The van der Waals surface area contributed by atoms with Crippen molar-refractivity contribution in [3.8, 4) is 0 Å². The van der Waals surface area contributed by atoms with Gasteiger partial charge < -0.3 is 0 Å². The normalized spacial score (nSPS) is 11.0. The molecule has 72 valence electrons. The zero-order valence-electron chi connectivity index (χ0n) is 7.11. The molecule has 0 aliphatic heterocycles. The van der Waals surface area contributed by atoms with Gasteiger partial charge in [-0.15, -0.1) is 0 Å². The molecule has 0 aliphatic rings. The van der Waals surface area contributed by atoms with Gasteiger partial charge in [-0.25, -0.2) is 8.42 Å². The van der Waals surface area contributed by atoms with Gasteiger partial charge in [0.2, 0.25) is 0 Å². The SMILES string of the molecule is O=[SH](=O)c1cccc2c(Br)cccc12. The van der Waals surface area contributed by atoms with E-state index in [-0.39, 0.29) is 0 Å². The van der Waals surface area contributed by atoms with Crippen LogP contribution >= 0.6 is 15.9 Å². The topological polar surface area (TPSA) is 34.1 Å². The maximum absolute atomic E-state index is 10.9. The number of hydrogen-bond donors (Lipinski definition) is 1. The minimum atomic E-state index is -2.53. The summed E-state index contributed by atoms with van der Waals surface area (Å²) < 4.78 is 22.8. The molecule has 0 spiro atoms. The molecule has 0 aromatic heterocycles. The van der Waals surface area contributed by atoms with Crippen molar-refractivity contribution >= 4 is 37.4 Å². The van der Waals surface area contributed by atoms with Crippen molar-refractivity contribution in [3.05, 3.63) is 40.9 Å². The molecule has 0 N–H and O–H groups in total. The Morgan fingerprint density at radius 3 is 2.29 bits per heavy atom. The molecule has 0 radical (unpaired) electrons. The molecule has 2 aromatic rings. The highest BCUT2D eigenvalue weighted by Crippen LogP contribution is 2.26. The Hall–Kier alpha value is -0.870. The first-order chi connectivity index (χ1) is 6.70. The Morgan fingerprint density at radius 1 is 0.929 bits per heavy atom. The van der Waals surface area contributed by atoms with Crippen molar-refractivity contribution in [2.24, 2.45) is 0 Å². The molecule has 2 nitrogen and oxygen atoms in total. The van der Waals surface area contributed by atoms with E-state index in [2.05, 4.69) is 15.9 Å². The van der Waals surface area contributed by atoms with Crippen LogP contribution in [0.15, 0.2) is 45.8 Å². The second kappa shape index (κ2) is 3.71. The number of hydrogen-bond acceptors (Lipinski definition) is 2. The summed E-state index contributed by atoms with van der Waals surface area (Å²) in [5.74, 6) is 0. The van der Waals surface area contributed by atoms with Gasteiger partial charge in [0.1, 0.15) is 0 Å². The van der Waals surface area contributed by atoms with Crippen LogP contribution in [0.3, 0.4) is 0 Å². The molecule has 0 atom stereocenters. The molecule has 4 heteroatoms. The first kappa shape index (κ1) is 9.68. The zero-order valence-corrected chi connectivity index (χ0v) is 9.59. The van der Waals surface area contributed by atoms with Gasteiger partial charge in [-0.05, 0) is 17.5 Å². The van der Waals surface area contributed by atoms with Crippen LogP contribution in [0.4, 0.5) is 0 Å². The lowest BCUT2D eigenvalue weighted by atomic mass is 10.1. The third-order valence-corrected chi connectivity index (χ3v) is 3.52.